The molecule has 0 amide bonds. The zero-order valence-electron chi connectivity index (χ0n) is 12.9. The van der Waals surface area contributed by atoms with Crippen LogP contribution in [0.15, 0.2) is 54.6 Å². The summed E-state index contributed by atoms with van der Waals surface area (Å²) < 4.78 is 4.94. The van der Waals surface area contributed by atoms with Crippen LogP contribution in [-0.4, -0.2) is 13.2 Å². The smallest absolute Gasteiger partial charge is 0.0466 e. The lowest BCUT2D eigenvalue weighted by molar-refractivity contribution is 0.198. The molecule has 1 saturated heterocycles. The fourth-order valence-corrected chi connectivity index (χ4v) is 1.71. The largest absolute Gasteiger partial charge is 0.381 e. The Bertz CT molecular complexity index is 430. The highest BCUT2D eigenvalue weighted by Crippen LogP contribution is 2.02. The molecule has 1 nitrogen and oxygen atoms in total. The topological polar surface area (TPSA) is 9.23 Å². The first-order valence-electron chi connectivity index (χ1n) is 7.32. The van der Waals surface area contributed by atoms with Gasteiger partial charge in [0.2, 0.25) is 0 Å². The molecule has 0 unspecified atom stereocenters. The van der Waals surface area contributed by atoms with Crippen molar-refractivity contribution in [1.29, 1.82) is 0 Å². The van der Waals surface area contributed by atoms with Crippen molar-refractivity contribution in [2.24, 2.45) is 0 Å². The van der Waals surface area contributed by atoms with Gasteiger partial charge >= 0.3 is 0 Å². The molecule has 1 heterocycles. The molecule has 0 bridgehead atoms. The second-order valence-electron chi connectivity index (χ2n) is 5.06. The molecule has 2 aromatic carbocycles. The van der Waals surface area contributed by atoms with Crippen molar-refractivity contribution in [1.82, 2.24) is 0 Å². The van der Waals surface area contributed by atoms with Gasteiger partial charge < -0.3 is 4.74 Å². The van der Waals surface area contributed by atoms with Gasteiger partial charge in [-0.05, 0) is 44.7 Å². The van der Waals surface area contributed by atoms with Crippen LogP contribution in [0.2, 0.25) is 0 Å². The van der Waals surface area contributed by atoms with Crippen LogP contribution in [0.5, 0.6) is 0 Å². The van der Waals surface area contributed by atoms with Gasteiger partial charge in [0, 0.05) is 13.2 Å². The third-order valence-electron chi connectivity index (χ3n) is 3.19. The fourth-order valence-electron chi connectivity index (χ4n) is 1.71. The summed E-state index contributed by atoms with van der Waals surface area (Å²) in [7, 11) is 0. The van der Waals surface area contributed by atoms with Crippen molar-refractivity contribution < 1.29 is 4.74 Å². The van der Waals surface area contributed by atoms with Crippen molar-refractivity contribution in [3.8, 4) is 0 Å². The second kappa shape index (κ2) is 10.2. The standard InChI is InChI=1S/C8H10.C7H8.C4H8O/c1-7-5-3-4-6-8(7)2;1-7-5-3-2-4-6-7;1-2-4-5-3-1/h3-6H,1-2H3;2-6H,1H3;1-4H2. The van der Waals surface area contributed by atoms with E-state index in [1.54, 1.807) is 0 Å². The highest BCUT2D eigenvalue weighted by Gasteiger charge is 1.94. The van der Waals surface area contributed by atoms with E-state index >= 15 is 0 Å². The quantitative estimate of drug-likeness (QED) is 0.647. The summed E-state index contributed by atoms with van der Waals surface area (Å²) in [5, 5.41) is 0. The summed E-state index contributed by atoms with van der Waals surface area (Å²) in [5.74, 6) is 0. The van der Waals surface area contributed by atoms with E-state index < -0.39 is 0 Å². The molecule has 1 aliphatic heterocycles. The van der Waals surface area contributed by atoms with E-state index in [0.717, 1.165) is 13.2 Å². The normalized spacial score (nSPS) is 12.8. The number of benzene rings is 2. The molecule has 20 heavy (non-hydrogen) atoms. The zero-order valence-corrected chi connectivity index (χ0v) is 12.9. The molecule has 1 fully saturated rings. The van der Waals surface area contributed by atoms with Crippen molar-refractivity contribution in [2.75, 3.05) is 13.2 Å². The molecule has 1 aliphatic rings. The van der Waals surface area contributed by atoms with Gasteiger partial charge in [-0.15, -0.1) is 0 Å². The Morgan fingerprint density at radius 2 is 1.10 bits per heavy atom. The van der Waals surface area contributed by atoms with E-state index in [-0.39, 0.29) is 0 Å². The fraction of sp³-hybridized carbons (Fsp3) is 0.368. The van der Waals surface area contributed by atoms with E-state index in [9.17, 15) is 0 Å². The third kappa shape index (κ3) is 7.75. The van der Waals surface area contributed by atoms with Crippen molar-refractivity contribution >= 4 is 0 Å². The first kappa shape index (κ1) is 16.5. The number of hydrogen-bond acceptors (Lipinski definition) is 1. The monoisotopic (exact) mass is 270 g/mol. The van der Waals surface area contributed by atoms with Crippen LogP contribution in [0, 0.1) is 20.8 Å². The molecular weight excluding hydrogens is 244 g/mol. The summed E-state index contributed by atoms with van der Waals surface area (Å²) in [6, 6.07) is 18.6. The Morgan fingerprint density at radius 1 is 0.650 bits per heavy atom. The Kier molecular flexibility index (Phi) is 8.41. The van der Waals surface area contributed by atoms with Crippen molar-refractivity contribution in [3.05, 3.63) is 71.3 Å². The van der Waals surface area contributed by atoms with Gasteiger partial charge in [-0.2, -0.15) is 0 Å². The van der Waals surface area contributed by atoms with Crippen LogP contribution in [-0.2, 0) is 4.74 Å². The summed E-state index contributed by atoms with van der Waals surface area (Å²) in [4.78, 5) is 0. The summed E-state index contributed by atoms with van der Waals surface area (Å²) in [6.45, 7) is 8.32. The zero-order chi connectivity index (χ0) is 14.6. The van der Waals surface area contributed by atoms with E-state index in [4.69, 9.17) is 4.74 Å². The third-order valence-corrected chi connectivity index (χ3v) is 3.19. The van der Waals surface area contributed by atoms with Crippen LogP contribution >= 0.6 is 0 Å². The highest BCUT2D eigenvalue weighted by molar-refractivity contribution is 5.23. The summed E-state index contributed by atoms with van der Waals surface area (Å²) >= 11 is 0. The van der Waals surface area contributed by atoms with Crippen LogP contribution in [0.25, 0.3) is 0 Å². The van der Waals surface area contributed by atoms with Crippen LogP contribution in [0.3, 0.4) is 0 Å². The van der Waals surface area contributed by atoms with Gasteiger partial charge in [-0.1, -0.05) is 60.2 Å². The second-order valence-corrected chi connectivity index (χ2v) is 5.06. The first-order valence-corrected chi connectivity index (χ1v) is 7.32. The van der Waals surface area contributed by atoms with Gasteiger partial charge in [0.05, 0.1) is 0 Å². The van der Waals surface area contributed by atoms with Gasteiger partial charge in [-0.3, -0.25) is 0 Å². The molecule has 0 aromatic heterocycles. The van der Waals surface area contributed by atoms with Crippen molar-refractivity contribution in [2.45, 2.75) is 33.6 Å². The molecule has 0 aliphatic carbocycles. The highest BCUT2D eigenvalue weighted by atomic mass is 16.5. The van der Waals surface area contributed by atoms with Crippen molar-refractivity contribution in [3.63, 3.8) is 0 Å². The average molecular weight is 270 g/mol. The molecule has 2 aromatic rings. The number of hydrogen-bond donors (Lipinski definition) is 0. The number of rotatable bonds is 0. The Labute approximate surface area is 123 Å². The lowest BCUT2D eigenvalue weighted by Gasteiger charge is -1.93. The molecule has 3 rings (SSSR count). The van der Waals surface area contributed by atoms with Gasteiger partial charge in [-0.25, -0.2) is 0 Å². The van der Waals surface area contributed by atoms with E-state index in [1.165, 1.54) is 29.5 Å². The van der Waals surface area contributed by atoms with E-state index in [2.05, 4.69) is 57.2 Å². The molecule has 0 saturated carbocycles. The SMILES string of the molecule is C1CCOC1.Cc1ccccc1.Cc1ccccc1C. The van der Waals surface area contributed by atoms with E-state index in [1.807, 2.05) is 18.2 Å². The number of ether oxygens (including phenoxy) is 1. The molecule has 1 heteroatoms. The maximum absolute atomic E-state index is 4.94. The molecule has 0 atom stereocenters. The Morgan fingerprint density at radius 3 is 1.35 bits per heavy atom. The van der Waals surface area contributed by atoms with Crippen LogP contribution in [0.4, 0.5) is 0 Å². The first-order chi connectivity index (χ1) is 9.70. The predicted octanol–water partition coefficient (Wildman–Crippen LogP) is 5.10. The minimum absolute atomic E-state index is 1.00. The summed E-state index contributed by atoms with van der Waals surface area (Å²) in [6.07, 6.45) is 2.56. The Hall–Kier alpha value is -1.60. The molecule has 108 valence electrons. The lowest BCUT2D eigenvalue weighted by atomic mass is 10.1. The minimum Gasteiger partial charge on any atom is -0.381 e. The molecule has 0 radical (unpaired) electrons. The maximum atomic E-state index is 4.94. The molecule has 0 N–H and O–H groups in total. The van der Waals surface area contributed by atoms with Gasteiger partial charge in [0.1, 0.15) is 0 Å². The van der Waals surface area contributed by atoms with E-state index in [0.29, 0.717) is 0 Å². The van der Waals surface area contributed by atoms with Crippen LogP contribution < -0.4 is 0 Å². The Balaban J connectivity index is 0.000000154. The van der Waals surface area contributed by atoms with Crippen LogP contribution in [0.1, 0.15) is 29.5 Å². The molecular formula is C19H26O. The van der Waals surface area contributed by atoms with Gasteiger partial charge in [0.25, 0.3) is 0 Å². The number of aryl methyl sites for hydroxylation is 3. The predicted molar refractivity (Wildman–Crippen MR) is 87.1 cm³/mol. The molecule has 0 spiro atoms. The minimum atomic E-state index is 1.00. The summed E-state index contributed by atoms with van der Waals surface area (Å²) in [5.41, 5.74) is 4.06. The lowest BCUT2D eigenvalue weighted by Crippen LogP contribution is -1.74. The average Bonchev–Trinajstić information content (AvgIpc) is 3.03. The van der Waals surface area contributed by atoms with Gasteiger partial charge in [0.15, 0.2) is 0 Å². The maximum Gasteiger partial charge on any atom is 0.0466 e.